The van der Waals surface area contributed by atoms with Crippen LogP contribution in [0.2, 0.25) is 0 Å². The second kappa shape index (κ2) is 12.7. The van der Waals surface area contributed by atoms with E-state index in [0.29, 0.717) is 5.56 Å². The molecule has 0 aliphatic carbocycles. The molecule has 0 unspecified atom stereocenters. The fourth-order valence-electron chi connectivity index (χ4n) is 2.87. The monoisotopic (exact) mass is 464 g/mol. The summed E-state index contributed by atoms with van der Waals surface area (Å²) >= 11 is 0. The van der Waals surface area contributed by atoms with Gasteiger partial charge in [0.1, 0.15) is 17.1 Å². The van der Waals surface area contributed by atoms with Crippen LogP contribution in [-0.2, 0) is 22.6 Å². The number of benzene rings is 3. The van der Waals surface area contributed by atoms with Crippen molar-refractivity contribution in [3.8, 4) is 11.5 Å². The highest BCUT2D eigenvalue weighted by molar-refractivity contribution is 6.00. The molecule has 0 saturated heterocycles. The maximum atomic E-state index is 12.3. The van der Waals surface area contributed by atoms with Crippen LogP contribution >= 0.6 is 0 Å². The van der Waals surface area contributed by atoms with Gasteiger partial charge in [-0.15, -0.1) is 0 Å². The largest absolute Gasteiger partial charge is 0.478 e. The molecule has 2 N–H and O–H groups in total. The van der Waals surface area contributed by atoms with E-state index in [2.05, 4.69) is 4.74 Å². The van der Waals surface area contributed by atoms with Gasteiger partial charge in [0.25, 0.3) is 0 Å². The summed E-state index contributed by atoms with van der Waals surface area (Å²) in [6.45, 7) is 2.50. The number of rotatable bonds is 7. The zero-order valence-electron chi connectivity index (χ0n) is 18.7. The van der Waals surface area contributed by atoms with Gasteiger partial charge in [-0.1, -0.05) is 48.5 Å². The molecule has 0 radical (unpaired) electrons. The molecule has 34 heavy (non-hydrogen) atoms. The van der Waals surface area contributed by atoms with Crippen LogP contribution in [-0.4, -0.2) is 33.9 Å². The van der Waals surface area contributed by atoms with Crippen molar-refractivity contribution in [1.82, 2.24) is 0 Å². The van der Waals surface area contributed by atoms with Crippen LogP contribution in [0.15, 0.2) is 72.8 Å². The summed E-state index contributed by atoms with van der Waals surface area (Å²) < 4.78 is 9.73. The number of aliphatic hydroxyl groups excluding tert-OH is 1. The lowest BCUT2D eigenvalue weighted by atomic mass is 10.0. The number of ketones is 1. The molecule has 0 saturated carbocycles. The summed E-state index contributed by atoms with van der Waals surface area (Å²) in [6, 6.07) is 19.8. The van der Waals surface area contributed by atoms with Crippen LogP contribution < -0.4 is 9.47 Å². The number of aromatic carboxylic acids is 1. The number of hydrogen-bond donors (Lipinski definition) is 2. The third-order valence-corrected chi connectivity index (χ3v) is 4.38. The van der Waals surface area contributed by atoms with Crippen molar-refractivity contribution in [1.29, 1.82) is 0 Å². The first kappa shape index (κ1) is 26.0. The fourth-order valence-corrected chi connectivity index (χ4v) is 2.87. The Morgan fingerprint density at radius 2 is 1.12 bits per heavy atom. The summed E-state index contributed by atoms with van der Waals surface area (Å²) in [7, 11) is 0. The van der Waals surface area contributed by atoms with E-state index in [4.69, 9.17) is 14.9 Å². The molecule has 0 spiro atoms. The molecule has 0 amide bonds. The molecular weight excluding hydrogens is 440 g/mol. The molecule has 0 aliphatic heterocycles. The Bertz CT molecular complexity index is 1170. The Balaban J connectivity index is 0.000000270. The summed E-state index contributed by atoms with van der Waals surface area (Å²) in [4.78, 5) is 44.6. The third-order valence-electron chi connectivity index (χ3n) is 4.38. The summed E-state index contributed by atoms with van der Waals surface area (Å²) in [5.74, 6) is -1.87. The first-order valence-corrected chi connectivity index (χ1v) is 10.2. The zero-order chi connectivity index (χ0) is 25.1. The quantitative estimate of drug-likeness (QED) is 0.307. The van der Waals surface area contributed by atoms with Gasteiger partial charge >= 0.3 is 17.9 Å². The second-order valence-electron chi connectivity index (χ2n) is 7.06. The number of carbonyl (C=O) groups excluding carboxylic acids is 3. The molecule has 3 aromatic carbocycles. The molecule has 0 heterocycles. The highest BCUT2D eigenvalue weighted by Crippen LogP contribution is 2.21. The van der Waals surface area contributed by atoms with Crippen LogP contribution in [0, 0.1) is 0 Å². The first-order valence-electron chi connectivity index (χ1n) is 10.2. The summed E-state index contributed by atoms with van der Waals surface area (Å²) in [6.07, 6.45) is 0.212. The van der Waals surface area contributed by atoms with E-state index in [1.807, 2.05) is 0 Å². The van der Waals surface area contributed by atoms with E-state index >= 15 is 0 Å². The summed E-state index contributed by atoms with van der Waals surface area (Å²) in [5.41, 5.74) is 2.01. The van der Waals surface area contributed by atoms with Gasteiger partial charge in [-0.25, -0.2) is 4.79 Å². The average Bonchev–Trinajstić information content (AvgIpc) is 2.80. The van der Waals surface area contributed by atoms with E-state index < -0.39 is 17.9 Å². The number of esters is 2. The lowest BCUT2D eigenvalue weighted by molar-refractivity contribution is -0.132. The molecule has 3 rings (SSSR count). The molecule has 176 valence electrons. The number of aliphatic hydroxyl groups is 1. The Labute approximate surface area is 196 Å². The predicted molar refractivity (Wildman–Crippen MR) is 123 cm³/mol. The lowest BCUT2D eigenvalue weighted by Crippen LogP contribution is -2.09. The van der Waals surface area contributed by atoms with Crippen molar-refractivity contribution in [2.24, 2.45) is 0 Å². The Morgan fingerprint density at radius 1 is 0.676 bits per heavy atom. The van der Waals surface area contributed by atoms with Crippen molar-refractivity contribution >= 4 is 23.7 Å². The van der Waals surface area contributed by atoms with Crippen LogP contribution in [0.3, 0.4) is 0 Å². The molecule has 8 nitrogen and oxygen atoms in total. The Morgan fingerprint density at radius 3 is 1.59 bits per heavy atom. The lowest BCUT2D eigenvalue weighted by Gasteiger charge is -2.08. The number of para-hydroxylation sites is 2. The zero-order valence-corrected chi connectivity index (χ0v) is 18.7. The van der Waals surface area contributed by atoms with Crippen molar-refractivity contribution in [3.63, 3.8) is 0 Å². The maximum absolute atomic E-state index is 12.3. The van der Waals surface area contributed by atoms with Crippen LogP contribution in [0.4, 0.5) is 0 Å². The van der Waals surface area contributed by atoms with Crippen LogP contribution in [0.1, 0.15) is 45.7 Å². The number of carboxylic acid groups (broad SMARTS) is 1. The van der Waals surface area contributed by atoms with Crippen LogP contribution in [0.25, 0.3) is 0 Å². The standard InChI is InChI=1S/C17H16O4.C9H8O4/c1-12(19)21-17-5-3-2-4-15(17)16(20)10-13-6-8-14(11-18)9-7-13;1-6(10)13-8-5-3-2-4-7(8)9(11)12/h2-9,18H,10-11H2,1H3;2-5H,1H3,(H,11,12). The minimum atomic E-state index is -1.11. The molecule has 0 atom stereocenters. The highest BCUT2D eigenvalue weighted by atomic mass is 16.5. The number of carbonyl (C=O) groups is 4. The van der Waals surface area contributed by atoms with Crippen molar-refractivity contribution in [3.05, 3.63) is 95.1 Å². The van der Waals surface area contributed by atoms with Gasteiger partial charge in [0.15, 0.2) is 5.78 Å². The molecular formula is C26H24O8. The van der Waals surface area contributed by atoms with Crippen molar-refractivity contribution < 1.29 is 38.9 Å². The van der Waals surface area contributed by atoms with Crippen molar-refractivity contribution in [2.45, 2.75) is 26.9 Å². The minimum Gasteiger partial charge on any atom is -0.478 e. The second-order valence-corrected chi connectivity index (χ2v) is 7.06. The third kappa shape index (κ3) is 7.99. The van der Waals surface area contributed by atoms with Gasteiger partial charge in [0.2, 0.25) is 0 Å². The van der Waals surface area contributed by atoms with Gasteiger partial charge in [0, 0.05) is 20.3 Å². The van der Waals surface area contributed by atoms with Gasteiger partial charge in [-0.3, -0.25) is 14.4 Å². The molecule has 0 aliphatic rings. The van der Waals surface area contributed by atoms with E-state index in [-0.39, 0.29) is 35.9 Å². The fraction of sp³-hybridized carbons (Fsp3) is 0.154. The van der Waals surface area contributed by atoms with E-state index in [1.165, 1.54) is 26.0 Å². The van der Waals surface area contributed by atoms with E-state index in [0.717, 1.165) is 11.1 Å². The van der Waals surface area contributed by atoms with Gasteiger partial charge in [0.05, 0.1) is 12.2 Å². The molecule has 8 heteroatoms. The molecule has 3 aromatic rings. The molecule has 0 bridgehead atoms. The Kier molecular flexibility index (Phi) is 9.67. The van der Waals surface area contributed by atoms with Gasteiger partial charge in [-0.05, 0) is 35.4 Å². The molecule has 0 aromatic heterocycles. The maximum Gasteiger partial charge on any atom is 0.339 e. The Hall–Kier alpha value is -4.30. The SMILES string of the molecule is CC(=O)Oc1ccccc1C(=O)Cc1ccc(CO)cc1.CC(=O)Oc1ccccc1C(=O)O. The van der Waals surface area contributed by atoms with Gasteiger partial charge < -0.3 is 19.7 Å². The van der Waals surface area contributed by atoms with Gasteiger partial charge in [-0.2, -0.15) is 0 Å². The minimum absolute atomic E-state index is 0.0160. The predicted octanol–water partition coefficient (Wildman–Crippen LogP) is 3.84. The topological polar surface area (TPSA) is 127 Å². The number of carboxylic acids is 1. The normalized spacial score (nSPS) is 9.85. The van der Waals surface area contributed by atoms with E-state index in [9.17, 15) is 19.2 Å². The number of Topliss-reactive ketones (excluding diaryl/α,β-unsaturated/α-hetero) is 1. The molecule has 0 fully saturated rings. The van der Waals surface area contributed by atoms with Crippen LogP contribution in [0.5, 0.6) is 11.5 Å². The van der Waals surface area contributed by atoms with E-state index in [1.54, 1.807) is 60.7 Å². The average molecular weight is 464 g/mol. The summed E-state index contributed by atoms with van der Waals surface area (Å²) in [5, 5.41) is 17.7. The first-order chi connectivity index (χ1) is 16.2. The highest BCUT2D eigenvalue weighted by Gasteiger charge is 2.14. The smallest absolute Gasteiger partial charge is 0.339 e. The number of hydrogen-bond acceptors (Lipinski definition) is 7. The van der Waals surface area contributed by atoms with Crippen molar-refractivity contribution in [2.75, 3.05) is 0 Å². The number of ether oxygens (including phenoxy) is 2.